The van der Waals surface area contributed by atoms with E-state index >= 15 is 4.39 Å². The predicted octanol–water partition coefficient (Wildman–Crippen LogP) is 2.77. The molecule has 174 valence electrons. The Kier molecular flexibility index (Phi) is 5.21. The van der Waals surface area contributed by atoms with Crippen LogP contribution in [0.3, 0.4) is 0 Å². The summed E-state index contributed by atoms with van der Waals surface area (Å²) in [5.74, 6) is -2.31. The number of hydrogen-bond acceptors (Lipinski definition) is 6. The van der Waals surface area contributed by atoms with E-state index in [1.807, 2.05) is 20.8 Å². The molecule has 3 unspecified atom stereocenters. The topological polar surface area (TPSA) is 101 Å². The van der Waals surface area contributed by atoms with E-state index in [1.165, 1.54) is 6.92 Å². The minimum atomic E-state index is -1.87. The fraction of sp³-hybridized carbons (Fsp3) is 0.875. The number of rotatable bonds is 3. The van der Waals surface area contributed by atoms with Crippen LogP contribution < -0.4 is 0 Å². The predicted molar refractivity (Wildman–Crippen MR) is 110 cm³/mol. The van der Waals surface area contributed by atoms with Crippen LogP contribution in [0.15, 0.2) is 0 Å². The van der Waals surface area contributed by atoms with Crippen molar-refractivity contribution in [1.82, 2.24) is 0 Å². The molecule has 0 aliphatic heterocycles. The number of halogens is 1. The molecule has 4 fully saturated rings. The Balaban J connectivity index is 1.82. The quantitative estimate of drug-likeness (QED) is 0.657. The number of alkyl halides is 1. The van der Waals surface area contributed by atoms with Gasteiger partial charge in [-0.05, 0) is 49.9 Å². The molecule has 0 aromatic carbocycles. The lowest BCUT2D eigenvalue weighted by molar-refractivity contribution is -0.257. The lowest BCUT2D eigenvalue weighted by atomic mass is 9.42. The number of hydrogen-bond donors (Lipinski definition) is 2. The summed E-state index contributed by atoms with van der Waals surface area (Å²) in [7, 11) is 0. The molecule has 4 saturated carbocycles. The van der Waals surface area contributed by atoms with Crippen LogP contribution in [0.4, 0.5) is 4.39 Å². The lowest BCUT2D eigenvalue weighted by Gasteiger charge is -2.65. The van der Waals surface area contributed by atoms with Crippen molar-refractivity contribution in [2.75, 3.05) is 6.61 Å². The summed E-state index contributed by atoms with van der Waals surface area (Å²) in [6.45, 7) is 5.99. The number of esters is 1. The fourth-order valence-corrected chi connectivity index (χ4v) is 8.58. The second kappa shape index (κ2) is 7.08. The summed E-state index contributed by atoms with van der Waals surface area (Å²) < 4.78 is 22.9. The molecule has 0 aromatic rings. The van der Waals surface area contributed by atoms with Gasteiger partial charge < -0.3 is 14.9 Å². The van der Waals surface area contributed by atoms with Crippen LogP contribution in [-0.2, 0) is 19.1 Å². The Morgan fingerprint density at radius 1 is 1.19 bits per heavy atom. The maximum Gasteiger partial charge on any atom is 0.303 e. The summed E-state index contributed by atoms with van der Waals surface area (Å²) in [4.78, 5) is 37.2. The van der Waals surface area contributed by atoms with Crippen molar-refractivity contribution in [3.05, 3.63) is 0 Å². The standard InChI is InChI=1S/C24H35FO6/c1-13-9-18-17-6-5-15-10-16(28)7-8-21(15,3)23(17,25)19(29)11-22(18,4)24(13,20(30)12-26)31-14(2)27/h13,15,17-19,26,29H,5-12H2,1-4H3/t13?,15?,17-,18-,19?,21-,22-,23-,24-/m0/s1. The van der Waals surface area contributed by atoms with Crippen LogP contribution in [-0.4, -0.2) is 51.7 Å². The molecule has 4 aliphatic carbocycles. The average molecular weight is 439 g/mol. The number of aliphatic hydroxyl groups is 2. The molecule has 0 bridgehead atoms. The van der Waals surface area contributed by atoms with Gasteiger partial charge in [0, 0.05) is 36.5 Å². The maximum atomic E-state index is 17.2. The van der Waals surface area contributed by atoms with Gasteiger partial charge in [-0.1, -0.05) is 20.8 Å². The average Bonchev–Trinajstić information content (AvgIpc) is 2.90. The number of carbonyl (C=O) groups excluding carboxylic acids is 3. The summed E-state index contributed by atoms with van der Waals surface area (Å²) in [5.41, 5.74) is -5.23. The molecule has 4 rings (SSSR count). The summed E-state index contributed by atoms with van der Waals surface area (Å²) >= 11 is 0. The monoisotopic (exact) mass is 438 g/mol. The van der Waals surface area contributed by atoms with Crippen LogP contribution in [0.2, 0.25) is 0 Å². The molecular weight excluding hydrogens is 403 g/mol. The van der Waals surface area contributed by atoms with Crippen LogP contribution >= 0.6 is 0 Å². The number of ether oxygens (including phenoxy) is 1. The van der Waals surface area contributed by atoms with Gasteiger partial charge in [-0.3, -0.25) is 14.4 Å². The van der Waals surface area contributed by atoms with Gasteiger partial charge >= 0.3 is 5.97 Å². The zero-order valence-electron chi connectivity index (χ0n) is 18.9. The SMILES string of the molecule is CC(=O)O[C@]1(C(=O)CO)C(C)C[C@H]2[C@@H]3CCC4CC(=O)CC[C@]4(C)[C@@]3(F)C(O)C[C@@]21C. The van der Waals surface area contributed by atoms with Crippen molar-refractivity contribution in [1.29, 1.82) is 0 Å². The zero-order chi connectivity index (χ0) is 23.0. The van der Waals surface area contributed by atoms with E-state index in [0.29, 0.717) is 38.5 Å². The van der Waals surface area contributed by atoms with Gasteiger partial charge in [-0.2, -0.15) is 0 Å². The zero-order valence-corrected chi connectivity index (χ0v) is 18.9. The molecule has 0 heterocycles. The maximum absolute atomic E-state index is 17.2. The second-order valence-corrected chi connectivity index (χ2v) is 11.1. The molecule has 9 atom stereocenters. The summed E-state index contributed by atoms with van der Waals surface area (Å²) in [6, 6.07) is 0. The molecule has 31 heavy (non-hydrogen) atoms. The van der Waals surface area contributed by atoms with Crippen molar-refractivity contribution in [3.8, 4) is 0 Å². The first-order chi connectivity index (χ1) is 14.4. The minimum absolute atomic E-state index is 0.0235. The molecule has 0 radical (unpaired) electrons. The first-order valence-corrected chi connectivity index (χ1v) is 11.6. The van der Waals surface area contributed by atoms with Crippen LogP contribution in [0.25, 0.3) is 0 Å². The van der Waals surface area contributed by atoms with Gasteiger partial charge in [0.2, 0.25) is 5.78 Å². The molecule has 0 saturated heterocycles. The van der Waals surface area contributed by atoms with Gasteiger partial charge in [0.15, 0.2) is 5.60 Å². The molecule has 2 N–H and O–H groups in total. The third-order valence-electron chi connectivity index (χ3n) is 9.96. The van der Waals surface area contributed by atoms with Crippen molar-refractivity contribution in [2.24, 2.45) is 34.5 Å². The highest BCUT2D eigenvalue weighted by molar-refractivity contribution is 5.92. The van der Waals surface area contributed by atoms with Crippen molar-refractivity contribution in [2.45, 2.75) is 90.0 Å². The first kappa shape index (κ1) is 22.8. The first-order valence-electron chi connectivity index (χ1n) is 11.6. The number of aliphatic hydroxyl groups excluding tert-OH is 2. The van der Waals surface area contributed by atoms with Gasteiger partial charge in [0.1, 0.15) is 18.1 Å². The lowest BCUT2D eigenvalue weighted by Crippen LogP contribution is -2.71. The van der Waals surface area contributed by atoms with Crippen LogP contribution in [0.1, 0.15) is 72.6 Å². The molecule has 0 aromatic heterocycles. The highest BCUT2D eigenvalue weighted by atomic mass is 19.1. The third-order valence-corrected chi connectivity index (χ3v) is 9.96. The largest absolute Gasteiger partial charge is 0.450 e. The van der Waals surface area contributed by atoms with E-state index in [0.717, 1.165) is 0 Å². The Labute approximate surface area is 182 Å². The molecule has 0 amide bonds. The van der Waals surface area contributed by atoms with E-state index < -0.39 is 58.4 Å². The van der Waals surface area contributed by atoms with Crippen LogP contribution in [0, 0.1) is 34.5 Å². The molecular formula is C24H35FO6. The van der Waals surface area contributed by atoms with Gasteiger partial charge in [0.25, 0.3) is 0 Å². The Morgan fingerprint density at radius 2 is 1.87 bits per heavy atom. The van der Waals surface area contributed by atoms with Crippen molar-refractivity contribution < 1.29 is 33.7 Å². The van der Waals surface area contributed by atoms with Crippen molar-refractivity contribution >= 4 is 17.5 Å². The normalized spacial score (nSPS) is 51.5. The summed E-state index contributed by atoms with van der Waals surface area (Å²) in [6.07, 6.45) is 1.47. The molecule has 4 aliphatic rings. The van der Waals surface area contributed by atoms with E-state index in [9.17, 15) is 24.6 Å². The molecule has 6 nitrogen and oxygen atoms in total. The third kappa shape index (κ3) is 2.65. The number of ketones is 2. The van der Waals surface area contributed by atoms with Crippen LogP contribution in [0.5, 0.6) is 0 Å². The number of Topliss-reactive ketones (excluding diaryl/α,β-unsaturated/α-hetero) is 2. The highest BCUT2D eigenvalue weighted by Crippen LogP contribution is 2.72. The summed E-state index contributed by atoms with van der Waals surface area (Å²) in [5, 5.41) is 21.1. The van der Waals surface area contributed by atoms with E-state index in [4.69, 9.17) is 4.74 Å². The molecule has 0 spiro atoms. The van der Waals surface area contributed by atoms with Gasteiger partial charge in [0.05, 0.1) is 6.10 Å². The highest BCUT2D eigenvalue weighted by Gasteiger charge is 2.77. The van der Waals surface area contributed by atoms with Gasteiger partial charge in [-0.25, -0.2) is 4.39 Å². The van der Waals surface area contributed by atoms with E-state index in [2.05, 4.69) is 0 Å². The number of fused-ring (bicyclic) bond motifs is 5. The second-order valence-electron chi connectivity index (χ2n) is 11.1. The van der Waals surface area contributed by atoms with E-state index in [1.54, 1.807) is 0 Å². The number of carbonyl (C=O) groups is 3. The van der Waals surface area contributed by atoms with E-state index in [-0.39, 0.29) is 24.0 Å². The van der Waals surface area contributed by atoms with Crippen molar-refractivity contribution in [3.63, 3.8) is 0 Å². The molecule has 7 heteroatoms. The Morgan fingerprint density at radius 3 is 2.48 bits per heavy atom. The Hall–Kier alpha value is -1.34. The smallest absolute Gasteiger partial charge is 0.303 e. The fourth-order valence-electron chi connectivity index (χ4n) is 8.58. The Bertz CT molecular complexity index is 814. The minimum Gasteiger partial charge on any atom is -0.450 e. The van der Waals surface area contributed by atoms with Gasteiger partial charge in [-0.15, -0.1) is 0 Å².